The predicted octanol–water partition coefficient (Wildman–Crippen LogP) is 1.80. The number of hydrogen-bond acceptors (Lipinski definition) is 2. The molecule has 1 aromatic carbocycles. The number of phenols is 1. The van der Waals surface area contributed by atoms with Gasteiger partial charge in [0.05, 0.1) is 0 Å². The van der Waals surface area contributed by atoms with Crippen molar-refractivity contribution in [1.29, 1.82) is 0 Å². The molecule has 68 valence electrons. The highest BCUT2D eigenvalue weighted by Gasteiger charge is 1.95. The lowest BCUT2D eigenvalue weighted by Crippen LogP contribution is -1.86. The fourth-order valence-electron chi connectivity index (χ4n) is 1.01. The monoisotopic (exact) mass is 178 g/mol. The van der Waals surface area contributed by atoms with E-state index in [1.807, 2.05) is 0 Å². The van der Waals surface area contributed by atoms with E-state index in [0.29, 0.717) is 0 Å². The van der Waals surface area contributed by atoms with Gasteiger partial charge in [-0.2, -0.15) is 0 Å². The Morgan fingerprint density at radius 2 is 2.15 bits per heavy atom. The molecule has 0 aliphatic rings. The first-order chi connectivity index (χ1) is 6.09. The molecular weight excluding hydrogens is 168 g/mol. The minimum Gasteiger partial charge on any atom is -0.508 e. The summed E-state index contributed by atoms with van der Waals surface area (Å²) >= 11 is 0. The molecule has 0 bridgehead atoms. The third kappa shape index (κ3) is 2.63. The molecule has 0 aromatic heterocycles. The Morgan fingerprint density at radius 3 is 2.69 bits per heavy atom. The molecule has 3 heteroatoms. The fraction of sp³-hybridized carbons (Fsp3) is 0.100. The van der Waals surface area contributed by atoms with E-state index < -0.39 is 5.97 Å². The van der Waals surface area contributed by atoms with Crippen LogP contribution in [0.15, 0.2) is 24.3 Å². The quantitative estimate of drug-likeness (QED) is 0.679. The van der Waals surface area contributed by atoms with E-state index in [0.717, 1.165) is 17.2 Å². The number of carbonyl (C=O) groups is 1. The average molecular weight is 178 g/mol. The Balaban J connectivity index is 2.96. The molecular formula is C10H10O3. The number of aliphatic carboxylic acids is 1. The summed E-state index contributed by atoms with van der Waals surface area (Å²) in [5.41, 5.74) is 1.64. The third-order valence-electron chi connectivity index (χ3n) is 1.66. The second-order valence-electron chi connectivity index (χ2n) is 2.71. The van der Waals surface area contributed by atoms with Crippen molar-refractivity contribution in [2.45, 2.75) is 6.92 Å². The van der Waals surface area contributed by atoms with Gasteiger partial charge in [0.1, 0.15) is 5.75 Å². The summed E-state index contributed by atoms with van der Waals surface area (Å²) in [7, 11) is 0. The van der Waals surface area contributed by atoms with Crippen LogP contribution in [0.4, 0.5) is 0 Å². The van der Waals surface area contributed by atoms with Crippen molar-refractivity contribution in [2.75, 3.05) is 0 Å². The van der Waals surface area contributed by atoms with Crippen LogP contribution in [0, 0.1) is 6.92 Å². The number of hydrogen-bond donors (Lipinski definition) is 2. The normalized spacial score (nSPS) is 10.5. The van der Waals surface area contributed by atoms with Crippen LogP contribution in [0.3, 0.4) is 0 Å². The largest absolute Gasteiger partial charge is 0.508 e. The Labute approximate surface area is 76.0 Å². The Hall–Kier alpha value is -1.77. The van der Waals surface area contributed by atoms with Gasteiger partial charge in [-0.1, -0.05) is 6.07 Å². The van der Waals surface area contributed by atoms with Gasteiger partial charge in [-0.15, -0.1) is 0 Å². The van der Waals surface area contributed by atoms with Crippen molar-refractivity contribution >= 4 is 12.0 Å². The molecule has 1 aromatic rings. The van der Waals surface area contributed by atoms with E-state index in [-0.39, 0.29) is 5.75 Å². The highest BCUT2D eigenvalue weighted by molar-refractivity contribution is 5.85. The molecule has 0 fully saturated rings. The van der Waals surface area contributed by atoms with Crippen LogP contribution in [0.1, 0.15) is 11.1 Å². The molecule has 0 aliphatic carbocycles. The smallest absolute Gasteiger partial charge is 0.328 e. The highest BCUT2D eigenvalue weighted by atomic mass is 16.4. The van der Waals surface area contributed by atoms with Crippen molar-refractivity contribution in [1.82, 2.24) is 0 Å². The molecule has 2 N–H and O–H groups in total. The molecule has 0 atom stereocenters. The van der Waals surface area contributed by atoms with Crippen LogP contribution in [0.25, 0.3) is 6.08 Å². The van der Waals surface area contributed by atoms with Crippen LogP contribution in [0.5, 0.6) is 5.75 Å². The number of aryl methyl sites for hydroxylation is 1. The molecule has 0 amide bonds. The number of benzene rings is 1. The zero-order valence-electron chi connectivity index (χ0n) is 7.19. The topological polar surface area (TPSA) is 57.5 Å². The summed E-state index contributed by atoms with van der Waals surface area (Å²) in [6, 6.07) is 4.78. The van der Waals surface area contributed by atoms with Gasteiger partial charge in [0, 0.05) is 6.08 Å². The first-order valence-corrected chi connectivity index (χ1v) is 3.80. The lowest BCUT2D eigenvalue weighted by atomic mass is 10.1. The average Bonchev–Trinajstić information content (AvgIpc) is 2.02. The molecule has 0 saturated heterocycles. The van der Waals surface area contributed by atoms with E-state index in [9.17, 15) is 4.79 Å². The number of carboxylic acids is 1. The summed E-state index contributed by atoms with van der Waals surface area (Å²) in [5.74, 6) is -0.794. The Kier molecular flexibility index (Phi) is 2.69. The van der Waals surface area contributed by atoms with E-state index >= 15 is 0 Å². The first kappa shape index (κ1) is 9.32. The molecule has 13 heavy (non-hydrogen) atoms. The standard InChI is InChI=1S/C10H10O3/c1-7-6-9(11)4-2-8(7)3-5-10(12)13/h2-6,11H,1H3,(H,12,13). The minimum atomic E-state index is -0.979. The third-order valence-corrected chi connectivity index (χ3v) is 1.66. The summed E-state index contributed by atoms with van der Waals surface area (Å²) in [4.78, 5) is 10.2. The molecule has 0 saturated carbocycles. The van der Waals surface area contributed by atoms with Crippen LogP contribution in [0.2, 0.25) is 0 Å². The van der Waals surface area contributed by atoms with Gasteiger partial charge in [-0.3, -0.25) is 0 Å². The summed E-state index contributed by atoms with van der Waals surface area (Å²) in [6.07, 6.45) is 2.57. The van der Waals surface area contributed by atoms with Crippen LogP contribution in [-0.2, 0) is 4.79 Å². The molecule has 0 aliphatic heterocycles. The van der Waals surface area contributed by atoms with Crippen LogP contribution in [-0.4, -0.2) is 16.2 Å². The van der Waals surface area contributed by atoms with Crippen molar-refractivity contribution in [3.8, 4) is 5.75 Å². The predicted molar refractivity (Wildman–Crippen MR) is 49.5 cm³/mol. The molecule has 3 nitrogen and oxygen atoms in total. The molecule has 0 spiro atoms. The van der Waals surface area contributed by atoms with Crippen LogP contribution < -0.4 is 0 Å². The van der Waals surface area contributed by atoms with Crippen LogP contribution >= 0.6 is 0 Å². The maximum Gasteiger partial charge on any atom is 0.328 e. The van der Waals surface area contributed by atoms with Gasteiger partial charge in [0.25, 0.3) is 0 Å². The van der Waals surface area contributed by atoms with Gasteiger partial charge in [-0.25, -0.2) is 4.79 Å². The maximum atomic E-state index is 10.2. The van der Waals surface area contributed by atoms with Gasteiger partial charge < -0.3 is 10.2 Å². The highest BCUT2D eigenvalue weighted by Crippen LogP contribution is 2.16. The maximum absolute atomic E-state index is 10.2. The van der Waals surface area contributed by atoms with E-state index in [1.165, 1.54) is 12.1 Å². The van der Waals surface area contributed by atoms with E-state index in [2.05, 4.69) is 0 Å². The lowest BCUT2D eigenvalue weighted by Gasteiger charge is -1.99. The van der Waals surface area contributed by atoms with Crippen molar-refractivity contribution in [2.24, 2.45) is 0 Å². The Bertz CT molecular complexity index is 353. The molecule has 0 heterocycles. The van der Waals surface area contributed by atoms with Crippen molar-refractivity contribution < 1.29 is 15.0 Å². The molecule has 0 unspecified atom stereocenters. The fourth-order valence-corrected chi connectivity index (χ4v) is 1.01. The van der Waals surface area contributed by atoms with E-state index in [4.69, 9.17) is 10.2 Å². The number of rotatable bonds is 2. The number of carboxylic acid groups (broad SMARTS) is 1. The van der Waals surface area contributed by atoms with Gasteiger partial charge in [0.15, 0.2) is 0 Å². The van der Waals surface area contributed by atoms with Gasteiger partial charge >= 0.3 is 5.97 Å². The second-order valence-corrected chi connectivity index (χ2v) is 2.71. The van der Waals surface area contributed by atoms with Gasteiger partial charge in [0.2, 0.25) is 0 Å². The molecule has 0 radical (unpaired) electrons. The second kappa shape index (κ2) is 3.76. The molecule has 1 rings (SSSR count). The van der Waals surface area contributed by atoms with Gasteiger partial charge in [-0.05, 0) is 36.3 Å². The lowest BCUT2D eigenvalue weighted by molar-refractivity contribution is -0.131. The summed E-state index contributed by atoms with van der Waals surface area (Å²) in [6.45, 7) is 1.81. The zero-order chi connectivity index (χ0) is 9.84. The Morgan fingerprint density at radius 1 is 1.46 bits per heavy atom. The summed E-state index contributed by atoms with van der Waals surface area (Å²) in [5, 5.41) is 17.5. The van der Waals surface area contributed by atoms with Crippen molar-refractivity contribution in [3.63, 3.8) is 0 Å². The van der Waals surface area contributed by atoms with Crippen molar-refractivity contribution in [3.05, 3.63) is 35.4 Å². The number of aromatic hydroxyl groups is 1. The zero-order valence-corrected chi connectivity index (χ0v) is 7.19. The van der Waals surface area contributed by atoms with E-state index in [1.54, 1.807) is 19.1 Å². The SMILES string of the molecule is Cc1cc(O)ccc1C=CC(=O)O. The first-order valence-electron chi connectivity index (χ1n) is 3.80. The minimum absolute atomic E-state index is 0.185. The number of phenolic OH excluding ortho intramolecular Hbond substituents is 1. The summed E-state index contributed by atoms with van der Waals surface area (Å²) < 4.78 is 0.